The quantitative estimate of drug-likeness (QED) is 0.801. The molecule has 1 atom stereocenters. The summed E-state index contributed by atoms with van der Waals surface area (Å²) in [4.78, 5) is 37.0. The van der Waals surface area contributed by atoms with Gasteiger partial charge in [-0.1, -0.05) is 6.07 Å². The van der Waals surface area contributed by atoms with E-state index in [9.17, 15) is 23.2 Å². The average molecular weight is 389 g/mol. The molecule has 0 aromatic heterocycles. The number of imide groups is 1. The third-order valence-electron chi connectivity index (χ3n) is 3.80. The van der Waals surface area contributed by atoms with Crippen molar-refractivity contribution in [3.63, 3.8) is 0 Å². The first-order chi connectivity index (χ1) is 10.9. The van der Waals surface area contributed by atoms with E-state index >= 15 is 0 Å². The Kier molecular flexibility index (Phi) is 4.05. The Bertz CT molecular complexity index is 710. The van der Waals surface area contributed by atoms with E-state index in [0.29, 0.717) is 5.56 Å². The van der Waals surface area contributed by atoms with Gasteiger partial charge in [0, 0.05) is 13.0 Å². The maximum atomic E-state index is 12.6. The van der Waals surface area contributed by atoms with Gasteiger partial charge in [-0.15, -0.1) is 0 Å². The Morgan fingerprint density at radius 2 is 2.04 bits per heavy atom. The van der Waals surface area contributed by atoms with Crippen LogP contribution >= 0.6 is 15.9 Å². The van der Waals surface area contributed by atoms with Crippen molar-refractivity contribution in [1.82, 2.24) is 10.2 Å². The molecule has 122 valence electrons. The number of rotatable bonds is 3. The maximum absolute atomic E-state index is 12.6. The lowest BCUT2D eigenvalue weighted by Crippen LogP contribution is -2.52. The van der Waals surface area contributed by atoms with Crippen molar-refractivity contribution in [2.24, 2.45) is 0 Å². The Morgan fingerprint density at radius 3 is 2.70 bits per heavy atom. The number of hydrogen-bond acceptors (Lipinski definition) is 4. The van der Waals surface area contributed by atoms with Gasteiger partial charge in [0.1, 0.15) is 6.04 Å². The molecule has 1 aromatic rings. The second-order valence-corrected chi connectivity index (χ2v) is 6.04. The molecule has 0 aliphatic carbocycles. The molecule has 1 fully saturated rings. The first-order valence-electron chi connectivity index (χ1n) is 6.79. The van der Waals surface area contributed by atoms with Crippen LogP contribution in [-0.2, 0) is 16.1 Å². The summed E-state index contributed by atoms with van der Waals surface area (Å²) in [6.45, 7) is -2.97. The van der Waals surface area contributed by atoms with Gasteiger partial charge in [0.05, 0.1) is 10.0 Å². The molecule has 9 heteroatoms. The van der Waals surface area contributed by atoms with Crippen LogP contribution in [0.3, 0.4) is 0 Å². The fourth-order valence-electron chi connectivity index (χ4n) is 2.80. The number of alkyl halides is 2. The molecule has 3 rings (SSSR count). The van der Waals surface area contributed by atoms with Crippen LogP contribution in [0, 0.1) is 0 Å². The smallest absolute Gasteiger partial charge is 0.387 e. The zero-order valence-corrected chi connectivity index (χ0v) is 13.2. The molecule has 2 heterocycles. The number of fused-ring (bicyclic) bond motifs is 1. The lowest BCUT2D eigenvalue weighted by atomic mass is 10.0. The number of piperidine rings is 1. The van der Waals surface area contributed by atoms with Gasteiger partial charge < -0.3 is 9.64 Å². The van der Waals surface area contributed by atoms with Crippen molar-refractivity contribution < 1.29 is 27.9 Å². The van der Waals surface area contributed by atoms with E-state index in [1.54, 1.807) is 6.07 Å². The predicted octanol–water partition coefficient (Wildman–Crippen LogP) is 1.81. The average Bonchev–Trinajstić information content (AvgIpc) is 2.79. The summed E-state index contributed by atoms with van der Waals surface area (Å²) in [6.07, 6.45) is 0.331. The minimum Gasteiger partial charge on any atom is -0.433 e. The van der Waals surface area contributed by atoms with Crippen molar-refractivity contribution >= 4 is 33.7 Å². The second kappa shape index (κ2) is 5.88. The lowest BCUT2D eigenvalue weighted by molar-refractivity contribution is -0.136. The maximum Gasteiger partial charge on any atom is 0.387 e. The van der Waals surface area contributed by atoms with Crippen molar-refractivity contribution in [3.05, 3.63) is 27.7 Å². The lowest BCUT2D eigenvalue weighted by Gasteiger charge is -2.29. The number of carbonyl (C=O) groups is 3. The predicted molar refractivity (Wildman–Crippen MR) is 76.8 cm³/mol. The van der Waals surface area contributed by atoms with Crippen LogP contribution in [0.4, 0.5) is 8.78 Å². The molecule has 1 unspecified atom stereocenters. The summed E-state index contributed by atoms with van der Waals surface area (Å²) < 4.78 is 29.9. The number of benzene rings is 1. The van der Waals surface area contributed by atoms with Gasteiger partial charge in [-0.05, 0) is 34.0 Å². The molecule has 0 bridgehead atoms. The third-order valence-corrected chi connectivity index (χ3v) is 4.43. The molecule has 0 radical (unpaired) electrons. The van der Waals surface area contributed by atoms with Gasteiger partial charge >= 0.3 is 6.61 Å². The highest BCUT2D eigenvalue weighted by molar-refractivity contribution is 9.10. The van der Waals surface area contributed by atoms with Gasteiger partial charge in [-0.3, -0.25) is 19.7 Å². The summed E-state index contributed by atoms with van der Waals surface area (Å²) in [5.41, 5.74) is 0.517. The minimum absolute atomic E-state index is 0.0179. The third kappa shape index (κ3) is 2.80. The van der Waals surface area contributed by atoms with Gasteiger partial charge in [-0.2, -0.15) is 8.78 Å². The highest BCUT2D eigenvalue weighted by atomic mass is 79.9. The first-order valence-corrected chi connectivity index (χ1v) is 7.58. The SMILES string of the molecule is O=C1CCC(N2Cc3ccc(Br)c(OC(F)F)c3C2=O)C(=O)N1. The summed E-state index contributed by atoms with van der Waals surface area (Å²) in [5.74, 6) is -1.75. The molecule has 0 spiro atoms. The summed E-state index contributed by atoms with van der Waals surface area (Å²) in [6, 6.07) is 2.32. The molecule has 0 saturated carbocycles. The highest BCUT2D eigenvalue weighted by Crippen LogP contribution is 2.39. The monoisotopic (exact) mass is 388 g/mol. The second-order valence-electron chi connectivity index (χ2n) is 5.19. The van der Waals surface area contributed by atoms with Gasteiger partial charge in [0.15, 0.2) is 5.75 Å². The molecule has 2 aliphatic rings. The minimum atomic E-state index is -3.07. The molecular weight excluding hydrogens is 378 g/mol. The van der Waals surface area contributed by atoms with Gasteiger partial charge in [0.25, 0.3) is 5.91 Å². The van der Waals surface area contributed by atoms with Crippen LogP contribution in [0.15, 0.2) is 16.6 Å². The van der Waals surface area contributed by atoms with Gasteiger partial charge in [0.2, 0.25) is 11.8 Å². The Hall–Kier alpha value is -2.03. The molecule has 1 N–H and O–H groups in total. The van der Waals surface area contributed by atoms with Crippen LogP contribution in [0.5, 0.6) is 5.75 Å². The van der Waals surface area contributed by atoms with E-state index in [-0.39, 0.29) is 41.1 Å². The van der Waals surface area contributed by atoms with Crippen LogP contribution in [-0.4, -0.2) is 35.3 Å². The number of amides is 3. The molecule has 6 nitrogen and oxygen atoms in total. The molecule has 23 heavy (non-hydrogen) atoms. The summed E-state index contributed by atoms with van der Waals surface area (Å²) in [7, 11) is 0. The van der Waals surface area contributed by atoms with Gasteiger partial charge in [-0.25, -0.2) is 0 Å². The molecule has 1 saturated heterocycles. The van der Waals surface area contributed by atoms with E-state index in [0.717, 1.165) is 0 Å². The van der Waals surface area contributed by atoms with E-state index < -0.39 is 24.5 Å². The van der Waals surface area contributed by atoms with E-state index in [1.165, 1.54) is 11.0 Å². The largest absolute Gasteiger partial charge is 0.433 e. The highest BCUT2D eigenvalue weighted by Gasteiger charge is 2.41. The number of carbonyl (C=O) groups excluding carboxylic acids is 3. The number of halogens is 3. The van der Waals surface area contributed by atoms with E-state index in [4.69, 9.17) is 0 Å². The van der Waals surface area contributed by atoms with Crippen LogP contribution in [0.1, 0.15) is 28.8 Å². The molecule has 1 aromatic carbocycles. The van der Waals surface area contributed by atoms with E-state index in [2.05, 4.69) is 26.0 Å². The number of hydrogen-bond donors (Lipinski definition) is 1. The van der Waals surface area contributed by atoms with Crippen LogP contribution in [0.25, 0.3) is 0 Å². The standard InChI is InChI=1S/C14H11BrF2N2O4/c15-7-2-1-6-5-19(8-3-4-9(20)18-12(8)21)13(22)10(6)11(7)23-14(16)17/h1-2,8,14H,3-5H2,(H,18,20,21). The first kappa shape index (κ1) is 15.9. The molecular formula is C14H11BrF2N2O4. The fourth-order valence-corrected chi connectivity index (χ4v) is 3.22. The zero-order valence-electron chi connectivity index (χ0n) is 11.6. The van der Waals surface area contributed by atoms with Crippen LogP contribution in [0.2, 0.25) is 0 Å². The van der Waals surface area contributed by atoms with Crippen molar-refractivity contribution in [2.75, 3.05) is 0 Å². The van der Waals surface area contributed by atoms with Crippen molar-refractivity contribution in [1.29, 1.82) is 0 Å². The molecule has 3 amide bonds. The Labute approximate surface area is 137 Å². The van der Waals surface area contributed by atoms with E-state index in [1.807, 2.05) is 0 Å². The number of nitrogens with zero attached hydrogens (tertiary/aromatic N) is 1. The zero-order chi connectivity index (χ0) is 16.7. The fraction of sp³-hybridized carbons (Fsp3) is 0.357. The number of ether oxygens (including phenoxy) is 1. The molecule has 2 aliphatic heterocycles. The Morgan fingerprint density at radius 1 is 1.30 bits per heavy atom. The number of nitrogens with one attached hydrogen (secondary N) is 1. The van der Waals surface area contributed by atoms with Crippen LogP contribution < -0.4 is 10.1 Å². The normalized spacial score (nSPS) is 20.8. The van der Waals surface area contributed by atoms with Crippen molar-refractivity contribution in [2.45, 2.75) is 32.0 Å². The Balaban J connectivity index is 1.93. The van der Waals surface area contributed by atoms with Crippen molar-refractivity contribution in [3.8, 4) is 5.75 Å². The summed E-state index contributed by atoms with van der Waals surface area (Å²) >= 11 is 3.09. The summed E-state index contributed by atoms with van der Waals surface area (Å²) in [5, 5.41) is 2.18. The topological polar surface area (TPSA) is 75.7 Å².